The fourth-order valence-electron chi connectivity index (χ4n) is 2.66. The molecular weight excluding hydrogens is 324 g/mol. The van der Waals surface area contributed by atoms with Gasteiger partial charge in [0.1, 0.15) is 0 Å². The number of urea groups is 1. The number of carbonyl (C=O) groups is 2. The quantitative estimate of drug-likeness (QED) is 0.895. The van der Waals surface area contributed by atoms with Gasteiger partial charge in [-0.3, -0.25) is 4.79 Å². The van der Waals surface area contributed by atoms with E-state index in [-0.39, 0.29) is 11.9 Å². The van der Waals surface area contributed by atoms with Crippen LogP contribution in [-0.2, 0) is 6.54 Å². The summed E-state index contributed by atoms with van der Waals surface area (Å²) in [4.78, 5) is 31.4. The van der Waals surface area contributed by atoms with Crippen molar-refractivity contribution < 1.29 is 9.59 Å². The minimum Gasteiger partial charge on any atom is -0.339 e. The third-order valence-electron chi connectivity index (χ3n) is 3.85. The van der Waals surface area contributed by atoms with Gasteiger partial charge < -0.3 is 15.5 Å². The van der Waals surface area contributed by atoms with Gasteiger partial charge in [0.15, 0.2) is 0 Å². The van der Waals surface area contributed by atoms with Crippen LogP contribution in [0.25, 0.3) is 0 Å². The lowest BCUT2D eigenvalue weighted by Gasteiger charge is -2.15. The highest BCUT2D eigenvalue weighted by atomic mass is 32.1. The van der Waals surface area contributed by atoms with Crippen molar-refractivity contribution in [2.75, 3.05) is 18.4 Å². The van der Waals surface area contributed by atoms with Gasteiger partial charge in [0.2, 0.25) is 0 Å². The molecule has 126 valence electrons. The van der Waals surface area contributed by atoms with E-state index in [2.05, 4.69) is 15.6 Å². The molecule has 0 unspecified atom stereocenters. The molecule has 0 radical (unpaired) electrons. The molecule has 3 rings (SSSR count). The van der Waals surface area contributed by atoms with Gasteiger partial charge in [-0.15, -0.1) is 11.3 Å². The minimum atomic E-state index is -0.299. The molecule has 6 nitrogen and oxygen atoms in total. The molecule has 1 saturated heterocycles. The predicted octanol–water partition coefficient (Wildman–Crippen LogP) is 3.01. The number of rotatable bonds is 4. The first-order valence-corrected chi connectivity index (χ1v) is 8.79. The van der Waals surface area contributed by atoms with Crippen molar-refractivity contribution >= 4 is 29.0 Å². The fourth-order valence-corrected chi connectivity index (χ4v) is 3.40. The molecule has 7 heteroatoms. The van der Waals surface area contributed by atoms with Crippen LogP contribution >= 0.6 is 11.3 Å². The van der Waals surface area contributed by atoms with Crippen LogP contribution in [-0.4, -0.2) is 34.9 Å². The number of aromatic nitrogens is 1. The zero-order chi connectivity index (χ0) is 16.9. The number of benzene rings is 1. The van der Waals surface area contributed by atoms with Crippen molar-refractivity contribution in [3.05, 3.63) is 45.9 Å². The van der Waals surface area contributed by atoms with Crippen LogP contribution in [0.15, 0.2) is 30.5 Å². The third kappa shape index (κ3) is 4.11. The molecule has 2 N–H and O–H groups in total. The van der Waals surface area contributed by atoms with Crippen molar-refractivity contribution in [3.8, 4) is 0 Å². The zero-order valence-corrected chi connectivity index (χ0v) is 14.4. The summed E-state index contributed by atoms with van der Waals surface area (Å²) in [6, 6.07) is 6.76. The average molecular weight is 344 g/mol. The van der Waals surface area contributed by atoms with E-state index in [1.54, 1.807) is 41.8 Å². The number of likely N-dealkylation sites (tertiary alicyclic amines) is 1. The van der Waals surface area contributed by atoms with Gasteiger partial charge in [-0.1, -0.05) is 6.07 Å². The van der Waals surface area contributed by atoms with Gasteiger partial charge in [0, 0.05) is 35.4 Å². The average Bonchev–Trinajstić information content (AvgIpc) is 3.24. The maximum absolute atomic E-state index is 12.4. The van der Waals surface area contributed by atoms with E-state index >= 15 is 0 Å². The molecule has 0 aliphatic carbocycles. The van der Waals surface area contributed by atoms with Crippen LogP contribution in [0.2, 0.25) is 0 Å². The first-order chi connectivity index (χ1) is 11.6. The number of nitrogens with zero attached hydrogens (tertiary/aromatic N) is 2. The first kappa shape index (κ1) is 16.4. The molecule has 0 atom stereocenters. The number of anilines is 1. The number of thiazole rings is 1. The number of aryl methyl sites for hydroxylation is 1. The molecule has 24 heavy (non-hydrogen) atoms. The zero-order valence-electron chi connectivity index (χ0n) is 13.5. The van der Waals surface area contributed by atoms with E-state index in [0.717, 1.165) is 35.8 Å². The van der Waals surface area contributed by atoms with Gasteiger partial charge in [-0.05, 0) is 38.0 Å². The Hall–Kier alpha value is -2.41. The van der Waals surface area contributed by atoms with Gasteiger partial charge in [0.25, 0.3) is 5.91 Å². The summed E-state index contributed by atoms with van der Waals surface area (Å²) in [5.41, 5.74) is 1.21. The van der Waals surface area contributed by atoms with Gasteiger partial charge in [0.05, 0.1) is 11.6 Å². The number of hydrogen-bond acceptors (Lipinski definition) is 4. The van der Waals surface area contributed by atoms with Gasteiger partial charge in [-0.2, -0.15) is 0 Å². The van der Waals surface area contributed by atoms with E-state index in [1.165, 1.54) is 0 Å². The molecule has 1 aromatic heterocycles. The first-order valence-electron chi connectivity index (χ1n) is 7.97. The highest BCUT2D eigenvalue weighted by Gasteiger charge is 2.19. The SMILES string of the molecule is Cc1ncc(CNC(=O)Nc2cccc(C(=O)N3CCCC3)c2)s1. The topological polar surface area (TPSA) is 74.3 Å². The van der Waals surface area contributed by atoms with Crippen LogP contribution < -0.4 is 10.6 Å². The van der Waals surface area contributed by atoms with E-state index in [9.17, 15) is 9.59 Å². The molecule has 0 bridgehead atoms. The number of amides is 3. The van der Waals surface area contributed by atoms with Crippen molar-refractivity contribution in [1.82, 2.24) is 15.2 Å². The molecule has 0 saturated carbocycles. The summed E-state index contributed by atoms with van der Waals surface area (Å²) in [7, 11) is 0. The standard InChI is InChI=1S/C17H20N4O2S/c1-12-18-10-15(24-12)11-19-17(23)20-14-6-4-5-13(9-14)16(22)21-7-2-3-8-21/h4-6,9-10H,2-3,7-8,11H2,1H3,(H2,19,20,23). The monoisotopic (exact) mass is 344 g/mol. The highest BCUT2D eigenvalue weighted by molar-refractivity contribution is 7.11. The lowest BCUT2D eigenvalue weighted by atomic mass is 10.2. The Labute approximate surface area is 144 Å². The smallest absolute Gasteiger partial charge is 0.319 e. The molecule has 1 aliphatic heterocycles. The van der Waals surface area contributed by atoms with E-state index < -0.39 is 0 Å². The molecule has 0 spiro atoms. The van der Waals surface area contributed by atoms with E-state index in [1.807, 2.05) is 11.8 Å². The van der Waals surface area contributed by atoms with Crippen LogP contribution in [0.4, 0.5) is 10.5 Å². The molecule has 3 amide bonds. The maximum Gasteiger partial charge on any atom is 0.319 e. The lowest BCUT2D eigenvalue weighted by Crippen LogP contribution is -2.29. The summed E-state index contributed by atoms with van der Waals surface area (Å²) >= 11 is 1.55. The largest absolute Gasteiger partial charge is 0.339 e. The Balaban J connectivity index is 1.57. The number of nitrogens with one attached hydrogen (secondary N) is 2. The number of hydrogen-bond donors (Lipinski definition) is 2. The molecule has 2 aromatic rings. The molecule has 1 fully saturated rings. The van der Waals surface area contributed by atoms with Crippen molar-refractivity contribution in [2.45, 2.75) is 26.3 Å². The Bertz CT molecular complexity index is 738. The summed E-state index contributed by atoms with van der Waals surface area (Å²) in [6.07, 6.45) is 3.88. The minimum absolute atomic E-state index is 0.0247. The van der Waals surface area contributed by atoms with Crippen LogP contribution in [0.1, 0.15) is 33.1 Å². The summed E-state index contributed by atoms with van der Waals surface area (Å²) in [5, 5.41) is 6.53. The Kier molecular flexibility index (Phi) is 5.10. The second-order valence-corrected chi connectivity index (χ2v) is 7.05. The van der Waals surface area contributed by atoms with E-state index in [4.69, 9.17) is 0 Å². The molecule has 2 heterocycles. The lowest BCUT2D eigenvalue weighted by molar-refractivity contribution is 0.0793. The van der Waals surface area contributed by atoms with Crippen molar-refractivity contribution in [1.29, 1.82) is 0 Å². The van der Waals surface area contributed by atoms with E-state index in [0.29, 0.717) is 17.8 Å². The predicted molar refractivity (Wildman–Crippen MR) is 94.3 cm³/mol. The summed E-state index contributed by atoms with van der Waals surface area (Å²) in [5.74, 6) is 0.0247. The van der Waals surface area contributed by atoms with Crippen molar-refractivity contribution in [2.24, 2.45) is 0 Å². The maximum atomic E-state index is 12.4. The summed E-state index contributed by atoms with van der Waals surface area (Å²) in [6.45, 7) is 3.98. The number of carbonyl (C=O) groups excluding carboxylic acids is 2. The van der Waals surface area contributed by atoms with Gasteiger partial charge in [-0.25, -0.2) is 9.78 Å². The van der Waals surface area contributed by atoms with Crippen LogP contribution in [0.5, 0.6) is 0 Å². The van der Waals surface area contributed by atoms with Crippen LogP contribution in [0.3, 0.4) is 0 Å². The van der Waals surface area contributed by atoms with Crippen LogP contribution in [0, 0.1) is 6.92 Å². The third-order valence-corrected chi connectivity index (χ3v) is 4.77. The second kappa shape index (κ2) is 7.44. The Morgan fingerprint density at radius 2 is 2.08 bits per heavy atom. The molecular formula is C17H20N4O2S. The summed E-state index contributed by atoms with van der Waals surface area (Å²) < 4.78 is 0. The Morgan fingerprint density at radius 1 is 1.29 bits per heavy atom. The molecule has 1 aromatic carbocycles. The Morgan fingerprint density at radius 3 is 2.79 bits per heavy atom. The highest BCUT2D eigenvalue weighted by Crippen LogP contribution is 2.16. The molecule has 1 aliphatic rings. The van der Waals surface area contributed by atoms with Gasteiger partial charge >= 0.3 is 6.03 Å². The normalized spacial score (nSPS) is 13.8. The van der Waals surface area contributed by atoms with Crippen molar-refractivity contribution in [3.63, 3.8) is 0 Å². The fraction of sp³-hybridized carbons (Fsp3) is 0.353. The second-order valence-electron chi connectivity index (χ2n) is 5.73.